The fourth-order valence-corrected chi connectivity index (χ4v) is 1.05. The molecular weight excluding hydrogens is 183 g/mol. The topological polar surface area (TPSA) is 26.3 Å². The normalized spacial score (nSPS) is 10.5. The van der Waals surface area contributed by atoms with Gasteiger partial charge in [-0.05, 0) is 36.3 Å². The minimum absolute atomic E-state index is 0.280. The first-order valence-electron chi connectivity index (χ1n) is 4.15. The van der Waals surface area contributed by atoms with E-state index in [-0.39, 0.29) is 5.82 Å². The van der Waals surface area contributed by atoms with Crippen LogP contribution in [0.3, 0.4) is 0 Å². The number of carbonyl (C=O) groups is 1. The summed E-state index contributed by atoms with van der Waals surface area (Å²) in [7, 11) is 1.31. The second kappa shape index (κ2) is 4.56. The number of halogens is 1. The van der Waals surface area contributed by atoms with Crippen LogP contribution in [-0.4, -0.2) is 13.1 Å². The van der Waals surface area contributed by atoms with E-state index in [9.17, 15) is 9.18 Å². The highest BCUT2D eigenvalue weighted by Crippen LogP contribution is 2.11. The van der Waals surface area contributed by atoms with Crippen molar-refractivity contribution < 1.29 is 13.9 Å². The van der Waals surface area contributed by atoms with Crippen LogP contribution in [0, 0.1) is 12.7 Å². The predicted octanol–water partition coefficient (Wildman–Crippen LogP) is 2.32. The van der Waals surface area contributed by atoms with E-state index in [1.165, 1.54) is 25.3 Å². The lowest BCUT2D eigenvalue weighted by molar-refractivity contribution is -0.134. The van der Waals surface area contributed by atoms with Crippen LogP contribution in [0.2, 0.25) is 0 Å². The Morgan fingerprint density at radius 2 is 2.21 bits per heavy atom. The first kappa shape index (κ1) is 10.4. The van der Waals surface area contributed by atoms with Gasteiger partial charge in [0.25, 0.3) is 0 Å². The van der Waals surface area contributed by atoms with Crippen molar-refractivity contribution >= 4 is 12.0 Å². The van der Waals surface area contributed by atoms with Crippen molar-refractivity contribution in [2.24, 2.45) is 0 Å². The molecular formula is C11H11FO2. The molecule has 74 valence electrons. The Kier molecular flexibility index (Phi) is 3.40. The maximum absolute atomic E-state index is 12.7. The summed E-state index contributed by atoms with van der Waals surface area (Å²) in [6.07, 6.45) is 2.90. The molecule has 0 saturated heterocycles. The van der Waals surface area contributed by atoms with Gasteiger partial charge in [-0.15, -0.1) is 0 Å². The van der Waals surface area contributed by atoms with Crippen LogP contribution in [0.15, 0.2) is 24.3 Å². The standard InChI is InChI=1S/C11H11FO2/c1-8-7-10(12)5-3-9(8)4-6-11(13)14-2/h3-7H,1-2H3/b6-4+. The van der Waals surface area contributed by atoms with E-state index in [0.29, 0.717) is 0 Å². The Balaban J connectivity index is 2.87. The molecule has 0 spiro atoms. The molecule has 0 N–H and O–H groups in total. The fraction of sp³-hybridized carbons (Fsp3) is 0.182. The summed E-state index contributed by atoms with van der Waals surface area (Å²) in [5.74, 6) is -0.702. The van der Waals surface area contributed by atoms with Crippen LogP contribution in [0.4, 0.5) is 4.39 Å². The van der Waals surface area contributed by atoms with Gasteiger partial charge in [-0.3, -0.25) is 0 Å². The highest BCUT2D eigenvalue weighted by Gasteiger charge is 1.97. The van der Waals surface area contributed by atoms with Crippen LogP contribution < -0.4 is 0 Å². The third kappa shape index (κ3) is 2.69. The highest BCUT2D eigenvalue weighted by atomic mass is 19.1. The maximum atomic E-state index is 12.7. The van der Waals surface area contributed by atoms with E-state index in [4.69, 9.17) is 0 Å². The van der Waals surface area contributed by atoms with Crippen LogP contribution in [0.1, 0.15) is 11.1 Å². The Morgan fingerprint density at radius 3 is 2.79 bits per heavy atom. The summed E-state index contributed by atoms with van der Waals surface area (Å²) < 4.78 is 17.1. The predicted molar refractivity (Wildman–Crippen MR) is 52.2 cm³/mol. The molecule has 0 unspecified atom stereocenters. The lowest BCUT2D eigenvalue weighted by Gasteiger charge is -1.99. The minimum Gasteiger partial charge on any atom is -0.466 e. The summed E-state index contributed by atoms with van der Waals surface area (Å²) in [6.45, 7) is 1.78. The van der Waals surface area contributed by atoms with Gasteiger partial charge in [-0.2, -0.15) is 0 Å². The third-order valence-electron chi connectivity index (χ3n) is 1.83. The molecule has 14 heavy (non-hydrogen) atoms. The number of carbonyl (C=O) groups excluding carboxylic acids is 1. The first-order chi connectivity index (χ1) is 6.63. The Hall–Kier alpha value is -1.64. The van der Waals surface area contributed by atoms with Crippen molar-refractivity contribution in [3.8, 4) is 0 Å². The SMILES string of the molecule is COC(=O)/C=C/c1ccc(F)cc1C. The zero-order chi connectivity index (χ0) is 10.6. The molecule has 0 heterocycles. The monoisotopic (exact) mass is 194 g/mol. The van der Waals surface area contributed by atoms with Gasteiger partial charge in [-0.1, -0.05) is 6.07 Å². The quantitative estimate of drug-likeness (QED) is 0.533. The first-order valence-corrected chi connectivity index (χ1v) is 4.15. The van der Waals surface area contributed by atoms with Gasteiger partial charge in [0, 0.05) is 6.08 Å². The Morgan fingerprint density at radius 1 is 1.50 bits per heavy atom. The number of benzene rings is 1. The molecule has 0 radical (unpaired) electrons. The molecule has 1 aromatic rings. The number of esters is 1. The molecule has 1 rings (SSSR count). The summed E-state index contributed by atoms with van der Waals surface area (Å²) in [5, 5.41) is 0. The fourth-order valence-electron chi connectivity index (χ4n) is 1.05. The largest absolute Gasteiger partial charge is 0.466 e. The Labute approximate surface area is 82.0 Å². The van der Waals surface area contributed by atoms with Gasteiger partial charge < -0.3 is 4.74 Å². The molecule has 0 amide bonds. The summed E-state index contributed by atoms with van der Waals surface area (Å²) in [4.78, 5) is 10.8. The lowest BCUT2D eigenvalue weighted by atomic mass is 10.1. The zero-order valence-corrected chi connectivity index (χ0v) is 8.08. The van der Waals surface area contributed by atoms with Gasteiger partial charge in [0.2, 0.25) is 0 Å². The van der Waals surface area contributed by atoms with Crippen molar-refractivity contribution in [2.45, 2.75) is 6.92 Å². The number of rotatable bonds is 2. The van der Waals surface area contributed by atoms with Crippen molar-refractivity contribution in [2.75, 3.05) is 7.11 Å². The van der Waals surface area contributed by atoms with Gasteiger partial charge in [0.05, 0.1) is 7.11 Å². The van der Waals surface area contributed by atoms with E-state index in [1.54, 1.807) is 19.1 Å². The number of aryl methyl sites for hydroxylation is 1. The molecule has 0 atom stereocenters. The van der Waals surface area contributed by atoms with E-state index >= 15 is 0 Å². The van der Waals surface area contributed by atoms with Crippen LogP contribution in [0.5, 0.6) is 0 Å². The van der Waals surface area contributed by atoms with Gasteiger partial charge in [-0.25, -0.2) is 9.18 Å². The molecule has 0 aliphatic carbocycles. The molecule has 0 aliphatic heterocycles. The van der Waals surface area contributed by atoms with Gasteiger partial charge in [0.15, 0.2) is 0 Å². The molecule has 0 fully saturated rings. The molecule has 0 bridgehead atoms. The van der Waals surface area contributed by atoms with Crippen LogP contribution in [-0.2, 0) is 9.53 Å². The Bertz CT molecular complexity index is 370. The number of methoxy groups -OCH3 is 1. The smallest absolute Gasteiger partial charge is 0.330 e. The van der Waals surface area contributed by atoms with E-state index in [2.05, 4.69) is 4.74 Å². The van der Waals surface area contributed by atoms with E-state index in [0.717, 1.165) is 11.1 Å². The van der Waals surface area contributed by atoms with Crippen LogP contribution >= 0.6 is 0 Å². The highest BCUT2D eigenvalue weighted by molar-refractivity contribution is 5.87. The number of hydrogen-bond acceptors (Lipinski definition) is 2. The summed E-state index contributed by atoms with van der Waals surface area (Å²) in [5.41, 5.74) is 1.59. The minimum atomic E-state index is -0.422. The average molecular weight is 194 g/mol. The molecule has 0 aromatic heterocycles. The van der Waals surface area contributed by atoms with Crippen molar-refractivity contribution in [3.05, 3.63) is 41.2 Å². The van der Waals surface area contributed by atoms with Gasteiger partial charge >= 0.3 is 5.97 Å². The molecule has 3 heteroatoms. The molecule has 0 saturated carbocycles. The van der Waals surface area contributed by atoms with Crippen molar-refractivity contribution in [1.29, 1.82) is 0 Å². The summed E-state index contributed by atoms with van der Waals surface area (Å²) in [6, 6.07) is 4.38. The zero-order valence-electron chi connectivity index (χ0n) is 8.08. The molecule has 1 aromatic carbocycles. The van der Waals surface area contributed by atoms with Crippen molar-refractivity contribution in [3.63, 3.8) is 0 Å². The lowest BCUT2D eigenvalue weighted by Crippen LogP contribution is -1.93. The molecule has 2 nitrogen and oxygen atoms in total. The van der Waals surface area contributed by atoms with E-state index < -0.39 is 5.97 Å². The number of ether oxygens (including phenoxy) is 1. The summed E-state index contributed by atoms with van der Waals surface area (Å²) >= 11 is 0. The second-order valence-electron chi connectivity index (χ2n) is 2.86. The van der Waals surface area contributed by atoms with Gasteiger partial charge in [0.1, 0.15) is 5.82 Å². The number of hydrogen-bond donors (Lipinski definition) is 0. The molecule has 0 aliphatic rings. The third-order valence-corrected chi connectivity index (χ3v) is 1.83. The maximum Gasteiger partial charge on any atom is 0.330 e. The second-order valence-corrected chi connectivity index (χ2v) is 2.86. The van der Waals surface area contributed by atoms with E-state index in [1.807, 2.05) is 0 Å². The van der Waals surface area contributed by atoms with Crippen molar-refractivity contribution in [1.82, 2.24) is 0 Å². The van der Waals surface area contributed by atoms with Crippen LogP contribution in [0.25, 0.3) is 6.08 Å². The average Bonchev–Trinajstić information content (AvgIpc) is 2.16.